The summed E-state index contributed by atoms with van der Waals surface area (Å²) in [6.07, 6.45) is 0. The van der Waals surface area contributed by atoms with Gasteiger partial charge in [-0.1, -0.05) is 36.4 Å². The maximum absolute atomic E-state index is 3.52. The minimum atomic E-state index is 0.441. The second kappa shape index (κ2) is 4.50. The first-order valence-corrected chi connectivity index (χ1v) is 7.25. The van der Waals surface area contributed by atoms with Crippen molar-refractivity contribution in [2.75, 3.05) is 6.54 Å². The van der Waals surface area contributed by atoms with Gasteiger partial charge in [-0.3, -0.25) is 0 Å². The molecule has 0 aliphatic carbocycles. The number of rotatable bonds is 1. The van der Waals surface area contributed by atoms with Gasteiger partial charge in [0.15, 0.2) is 0 Å². The Morgan fingerprint density at radius 2 is 1.85 bits per heavy atom. The molecule has 2 nitrogen and oxygen atoms in total. The van der Waals surface area contributed by atoms with Crippen molar-refractivity contribution in [1.82, 2.24) is 9.88 Å². The number of hydrogen-bond acceptors (Lipinski definition) is 1. The second-order valence-electron chi connectivity index (χ2n) is 5.54. The molecule has 0 radical (unpaired) electrons. The summed E-state index contributed by atoms with van der Waals surface area (Å²) in [6, 6.07) is 20.2. The van der Waals surface area contributed by atoms with E-state index in [1.165, 1.54) is 27.7 Å². The van der Waals surface area contributed by atoms with Gasteiger partial charge in [0.05, 0.1) is 0 Å². The van der Waals surface area contributed by atoms with Gasteiger partial charge >= 0.3 is 0 Å². The highest BCUT2D eigenvalue weighted by Crippen LogP contribution is 2.30. The summed E-state index contributed by atoms with van der Waals surface area (Å²) >= 11 is 0. The molecule has 0 saturated heterocycles. The normalized spacial score (nSPS) is 18.1. The van der Waals surface area contributed by atoms with Crippen LogP contribution in [0.4, 0.5) is 0 Å². The topological polar surface area (TPSA) is 17.0 Å². The van der Waals surface area contributed by atoms with Crippen LogP contribution in [-0.2, 0) is 6.54 Å². The van der Waals surface area contributed by atoms with Gasteiger partial charge in [-0.05, 0) is 36.2 Å². The van der Waals surface area contributed by atoms with Gasteiger partial charge < -0.3 is 9.88 Å². The average Bonchev–Trinajstić information content (AvgIpc) is 2.87. The Kier molecular flexibility index (Phi) is 2.64. The third-order valence-electron chi connectivity index (χ3n) is 4.27. The zero-order chi connectivity index (χ0) is 13.5. The number of fused-ring (bicyclic) bond motifs is 3. The van der Waals surface area contributed by atoms with E-state index in [-0.39, 0.29) is 0 Å². The zero-order valence-electron chi connectivity index (χ0n) is 11.6. The van der Waals surface area contributed by atoms with Crippen molar-refractivity contribution in [2.24, 2.45) is 0 Å². The van der Waals surface area contributed by atoms with E-state index in [0.29, 0.717) is 6.04 Å². The Hall–Kier alpha value is -2.06. The van der Waals surface area contributed by atoms with E-state index in [9.17, 15) is 0 Å². The van der Waals surface area contributed by atoms with Crippen LogP contribution in [0.15, 0.2) is 54.6 Å². The van der Waals surface area contributed by atoms with Crippen LogP contribution < -0.4 is 5.32 Å². The summed E-state index contributed by atoms with van der Waals surface area (Å²) in [5.41, 5.74) is 5.33. The van der Waals surface area contributed by atoms with Gasteiger partial charge in [0.25, 0.3) is 0 Å². The first kappa shape index (κ1) is 11.7. The highest BCUT2D eigenvalue weighted by Gasteiger charge is 2.18. The second-order valence-corrected chi connectivity index (χ2v) is 5.54. The lowest BCUT2D eigenvalue weighted by atomic mass is 10.0. The number of aromatic nitrogens is 1. The number of nitrogens with zero attached hydrogens (tertiary/aromatic N) is 1. The first-order valence-electron chi connectivity index (χ1n) is 7.25. The molecule has 100 valence electrons. The predicted octanol–water partition coefficient (Wildman–Crippen LogP) is 3.97. The molecule has 1 unspecified atom stereocenters. The van der Waals surface area contributed by atoms with Crippen molar-refractivity contribution < 1.29 is 0 Å². The molecule has 1 aromatic heterocycles. The summed E-state index contributed by atoms with van der Waals surface area (Å²) in [6.45, 7) is 4.36. The van der Waals surface area contributed by atoms with Crippen molar-refractivity contribution >= 4 is 10.9 Å². The van der Waals surface area contributed by atoms with Crippen LogP contribution in [0.25, 0.3) is 22.0 Å². The summed E-state index contributed by atoms with van der Waals surface area (Å²) in [5.74, 6) is 0. The lowest BCUT2D eigenvalue weighted by Crippen LogP contribution is -2.31. The highest BCUT2D eigenvalue weighted by molar-refractivity contribution is 5.86. The Morgan fingerprint density at radius 1 is 1.00 bits per heavy atom. The lowest BCUT2D eigenvalue weighted by molar-refractivity contribution is 0.455. The van der Waals surface area contributed by atoms with Crippen molar-refractivity contribution in [1.29, 1.82) is 0 Å². The molecule has 0 bridgehead atoms. The highest BCUT2D eigenvalue weighted by atomic mass is 15.1. The van der Waals surface area contributed by atoms with E-state index in [0.717, 1.165) is 13.1 Å². The number of hydrogen-bond donors (Lipinski definition) is 1. The van der Waals surface area contributed by atoms with E-state index in [1.54, 1.807) is 0 Å². The van der Waals surface area contributed by atoms with Crippen molar-refractivity contribution in [3.05, 3.63) is 60.3 Å². The Bertz CT molecular complexity index is 756. The van der Waals surface area contributed by atoms with Gasteiger partial charge in [0.1, 0.15) is 0 Å². The van der Waals surface area contributed by atoms with Crippen molar-refractivity contribution in [2.45, 2.75) is 19.5 Å². The van der Waals surface area contributed by atoms with Crippen molar-refractivity contribution in [3.63, 3.8) is 0 Å². The summed E-state index contributed by atoms with van der Waals surface area (Å²) in [5, 5.41) is 4.87. The first-order chi connectivity index (χ1) is 9.83. The molecule has 0 fully saturated rings. The molecule has 1 aliphatic heterocycles. The van der Waals surface area contributed by atoms with Gasteiger partial charge in [-0.2, -0.15) is 0 Å². The molecule has 0 saturated carbocycles. The largest absolute Gasteiger partial charge is 0.342 e. The minimum Gasteiger partial charge on any atom is -0.342 e. The molecule has 2 aromatic carbocycles. The van der Waals surface area contributed by atoms with E-state index in [2.05, 4.69) is 71.4 Å². The molecule has 20 heavy (non-hydrogen) atoms. The van der Waals surface area contributed by atoms with Crippen LogP contribution in [0, 0.1) is 0 Å². The summed E-state index contributed by atoms with van der Waals surface area (Å²) in [7, 11) is 0. The van der Waals surface area contributed by atoms with Gasteiger partial charge in [-0.25, -0.2) is 0 Å². The number of benzene rings is 2. The molecule has 3 aromatic rings. The molecule has 0 spiro atoms. The molecule has 2 heterocycles. The maximum Gasteiger partial charge on any atom is 0.0483 e. The van der Waals surface area contributed by atoms with Crippen molar-refractivity contribution in [3.8, 4) is 11.1 Å². The van der Waals surface area contributed by atoms with Crippen LogP contribution >= 0.6 is 0 Å². The summed E-state index contributed by atoms with van der Waals surface area (Å²) in [4.78, 5) is 0. The van der Waals surface area contributed by atoms with Crippen LogP contribution in [0.5, 0.6) is 0 Å². The average molecular weight is 262 g/mol. The van der Waals surface area contributed by atoms with Crippen LogP contribution in [0.3, 0.4) is 0 Å². The van der Waals surface area contributed by atoms with Crippen LogP contribution in [-0.4, -0.2) is 11.1 Å². The third-order valence-corrected chi connectivity index (χ3v) is 4.27. The summed E-state index contributed by atoms with van der Waals surface area (Å²) < 4.78 is 2.45. The third kappa shape index (κ3) is 1.76. The standard InChI is InChI=1S/C18H18N2/c1-13-18-12-16-11-15(14-5-3-2-4-6-14)7-8-17(16)20(18)10-9-19-13/h2-8,11-13,19H,9-10H2,1H3. The quantitative estimate of drug-likeness (QED) is 0.702. The van der Waals surface area contributed by atoms with E-state index >= 15 is 0 Å². The molecule has 1 atom stereocenters. The monoisotopic (exact) mass is 262 g/mol. The molecule has 1 N–H and O–H groups in total. The molecular weight excluding hydrogens is 244 g/mol. The molecule has 0 amide bonds. The fourth-order valence-corrected chi connectivity index (χ4v) is 3.21. The fraction of sp³-hybridized carbons (Fsp3) is 0.222. The zero-order valence-corrected chi connectivity index (χ0v) is 11.6. The van der Waals surface area contributed by atoms with E-state index < -0.39 is 0 Å². The molecular formula is C18H18N2. The maximum atomic E-state index is 3.52. The SMILES string of the molecule is CC1NCCn2c1cc1cc(-c3ccccc3)ccc12. The van der Waals surface area contributed by atoms with Gasteiger partial charge in [-0.15, -0.1) is 0 Å². The number of nitrogens with one attached hydrogen (secondary N) is 1. The van der Waals surface area contributed by atoms with Gasteiger partial charge in [0, 0.05) is 35.7 Å². The Balaban J connectivity index is 1.89. The smallest absolute Gasteiger partial charge is 0.0483 e. The lowest BCUT2D eigenvalue weighted by Gasteiger charge is -2.23. The molecule has 4 rings (SSSR count). The van der Waals surface area contributed by atoms with E-state index in [1.807, 2.05) is 0 Å². The molecule has 2 heteroatoms. The van der Waals surface area contributed by atoms with Crippen LogP contribution in [0.1, 0.15) is 18.7 Å². The van der Waals surface area contributed by atoms with Gasteiger partial charge in [0.2, 0.25) is 0 Å². The minimum absolute atomic E-state index is 0.441. The Morgan fingerprint density at radius 3 is 2.70 bits per heavy atom. The van der Waals surface area contributed by atoms with Crippen LogP contribution in [0.2, 0.25) is 0 Å². The van der Waals surface area contributed by atoms with E-state index in [4.69, 9.17) is 0 Å². The Labute approximate surface area is 119 Å². The predicted molar refractivity (Wildman–Crippen MR) is 83.8 cm³/mol. The fourth-order valence-electron chi connectivity index (χ4n) is 3.21. The molecule has 1 aliphatic rings.